The molecule has 0 saturated carbocycles. The van der Waals surface area contributed by atoms with E-state index in [1.807, 2.05) is 0 Å². The molecule has 12 heteroatoms. The summed E-state index contributed by atoms with van der Waals surface area (Å²) >= 11 is 0. The Labute approximate surface area is 454 Å². The van der Waals surface area contributed by atoms with Crippen LogP contribution in [-0.4, -0.2) is 66.5 Å². The Morgan fingerprint density at radius 3 is 1.04 bits per heavy atom. The number of rotatable bonds is 58. The molecule has 434 valence electrons. The van der Waals surface area contributed by atoms with Crippen LogP contribution in [0.3, 0.4) is 0 Å². The summed E-state index contributed by atoms with van der Waals surface area (Å²) < 4.78 is 39.5. The van der Waals surface area contributed by atoms with Gasteiger partial charge in [-0.1, -0.05) is 243 Å². The third kappa shape index (κ3) is 54.5. The van der Waals surface area contributed by atoms with Gasteiger partial charge in [0.05, 0.1) is 19.8 Å². The first-order chi connectivity index (χ1) is 36.2. The Morgan fingerprint density at radius 2 is 0.662 bits per heavy atom. The summed E-state index contributed by atoms with van der Waals surface area (Å²) in [7, 11) is -4.74. The molecule has 0 radical (unpaired) electrons. The monoisotopic (exact) mass is 1070 g/mol. The van der Waals surface area contributed by atoms with Crippen molar-refractivity contribution in [1.29, 1.82) is 0 Å². The molecular weight excluding hydrogens is 952 g/mol. The molecule has 0 rings (SSSR count). The number of phosphoric acid groups is 1. The molecule has 0 saturated heterocycles. The van der Waals surface area contributed by atoms with Gasteiger partial charge in [0.15, 0.2) is 6.10 Å². The molecular formula is C62H115O11P. The smallest absolute Gasteiger partial charge is 0.462 e. The number of esters is 3. The molecule has 3 unspecified atom stereocenters. The van der Waals surface area contributed by atoms with E-state index in [0.29, 0.717) is 19.3 Å². The number of ether oxygens (including phenoxy) is 3. The highest BCUT2D eigenvalue weighted by atomic mass is 31.2. The van der Waals surface area contributed by atoms with Gasteiger partial charge < -0.3 is 24.2 Å². The first-order valence-electron chi connectivity index (χ1n) is 30.9. The summed E-state index contributed by atoms with van der Waals surface area (Å²) in [5, 5.41) is 9.79. The van der Waals surface area contributed by atoms with Crippen LogP contribution < -0.4 is 0 Å². The van der Waals surface area contributed by atoms with Gasteiger partial charge in [0.1, 0.15) is 12.7 Å². The number of aliphatic hydroxyl groups is 1. The third-order valence-electron chi connectivity index (χ3n) is 13.5. The maximum atomic E-state index is 12.9. The topological polar surface area (TPSA) is 155 Å². The van der Waals surface area contributed by atoms with Crippen molar-refractivity contribution in [3.05, 3.63) is 36.5 Å². The molecule has 0 aromatic carbocycles. The minimum Gasteiger partial charge on any atom is -0.462 e. The SMILES string of the molecule is CCCCC/C=C\C/C=C\CCCCCCCCCCCC(=O)OC(COC(=O)CCCCCCCCCCC/C=C\CCCCCCCC)COP(=O)(O)OCC(CO)OC(=O)CCCCCCCCCCC. The van der Waals surface area contributed by atoms with Crippen molar-refractivity contribution in [3.8, 4) is 0 Å². The van der Waals surface area contributed by atoms with Crippen molar-refractivity contribution in [2.45, 2.75) is 315 Å². The van der Waals surface area contributed by atoms with Crippen molar-refractivity contribution < 1.29 is 52.2 Å². The van der Waals surface area contributed by atoms with Crippen LogP contribution in [0.2, 0.25) is 0 Å². The van der Waals surface area contributed by atoms with Gasteiger partial charge in [0.2, 0.25) is 0 Å². The van der Waals surface area contributed by atoms with Crippen LogP contribution in [0.5, 0.6) is 0 Å². The third-order valence-corrected chi connectivity index (χ3v) is 14.5. The highest BCUT2D eigenvalue weighted by molar-refractivity contribution is 7.47. The maximum Gasteiger partial charge on any atom is 0.472 e. The Kier molecular flexibility index (Phi) is 55.1. The average Bonchev–Trinajstić information content (AvgIpc) is 3.39. The van der Waals surface area contributed by atoms with E-state index in [2.05, 4.69) is 57.2 Å². The quantitative estimate of drug-likeness (QED) is 0.0197. The standard InChI is InChI=1S/C62H115O11P/c1-4-7-10-13-16-19-21-23-25-27-29-31-33-35-37-40-42-45-48-51-60(64)69-55-59(57-71-74(67,68)70-56-58(54-63)72-61(65)52-49-46-43-39-18-15-12-9-6-3)73-62(66)53-50-47-44-41-38-36-34-32-30-28-26-24-22-20-17-14-11-8-5-2/h17,20,23-26,58-59,63H,4-16,18-19,21-22,27-57H2,1-3H3,(H,67,68)/b20-17-,25-23-,26-24-. The number of hydrogen-bond donors (Lipinski definition) is 2. The number of allylic oxidation sites excluding steroid dienone is 6. The normalized spacial score (nSPS) is 13.5. The fourth-order valence-electron chi connectivity index (χ4n) is 8.79. The van der Waals surface area contributed by atoms with Crippen LogP contribution in [-0.2, 0) is 42.2 Å². The molecule has 0 aromatic rings. The van der Waals surface area contributed by atoms with Gasteiger partial charge in [-0.05, 0) is 77.0 Å². The Bertz CT molecular complexity index is 1380. The van der Waals surface area contributed by atoms with Crippen molar-refractivity contribution in [3.63, 3.8) is 0 Å². The van der Waals surface area contributed by atoms with Crippen molar-refractivity contribution in [2.75, 3.05) is 26.4 Å². The van der Waals surface area contributed by atoms with Crippen molar-refractivity contribution >= 4 is 25.7 Å². The van der Waals surface area contributed by atoms with Gasteiger partial charge in [0, 0.05) is 19.3 Å². The lowest BCUT2D eigenvalue weighted by molar-refractivity contribution is -0.161. The molecule has 0 aliphatic carbocycles. The van der Waals surface area contributed by atoms with E-state index in [-0.39, 0.29) is 25.9 Å². The van der Waals surface area contributed by atoms with E-state index in [0.717, 1.165) is 70.6 Å². The lowest BCUT2D eigenvalue weighted by atomic mass is 10.1. The van der Waals surface area contributed by atoms with Crippen LogP contribution in [0.1, 0.15) is 303 Å². The number of carbonyl (C=O) groups is 3. The average molecular weight is 1070 g/mol. The van der Waals surface area contributed by atoms with Gasteiger partial charge in [0.25, 0.3) is 0 Å². The zero-order valence-corrected chi connectivity index (χ0v) is 49.0. The van der Waals surface area contributed by atoms with Gasteiger partial charge in [-0.3, -0.25) is 23.4 Å². The van der Waals surface area contributed by atoms with Crippen LogP contribution in [0.25, 0.3) is 0 Å². The Hall–Kier alpha value is -2.30. The van der Waals surface area contributed by atoms with Gasteiger partial charge in [-0.25, -0.2) is 4.57 Å². The van der Waals surface area contributed by atoms with Gasteiger partial charge in [-0.15, -0.1) is 0 Å². The van der Waals surface area contributed by atoms with Crippen molar-refractivity contribution in [1.82, 2.24) is 0 Å². The Balaban J connectivity index is 4.66. The maximum absolute atomic E-state index is 12.9. The first-order valence-corrected chi connectivity index (χ1v) is 32.4. The minimum absolute atomic E-state index is 0.166. The zero-order valence-electron chi connectivity index (χ0n) is 48.1. The molecule has 0 fully saturated rings. The van der Waals surface area contributed by atoms with E-state index >= 15 is 0 Å². The number of carbonyl (C=O) groups excluding carboxylic acids is 3. The number of phosphoric ester groups is 1. The van der Waals surface area contributed by atoms with Crippen LogP contribution in [0.4, 0.5) is 0 Å². The summed E-state index contributed by atoms with van der Waals surface area (Å²) in [5.74, 6) is -1.45. The summed E-state index contributed by atoms with van der Waals surface area (Å²) in [4.78, 5) is 48.5. The summed E-state index contributed by atoms with van der Waals surface area (Å²) in [6.45, 7) is 4.63. The van der Waals surface area contributed by atoms with Crippen LogP contribution >= 0.6 is 7.82 Å². The molecule has 11 nitrogen and oxygen atoms in total. The second-order valence-corrected chi connectivity index (χ2v) is 22.3. The fourth-order valence-corrected chi connectivity index (χ4v) is 9.58. The van der Waals surface area contributed by atoms with Crippen LogP contribution in [0, 0.1) is 0 Å². The molecule has 0 aliphatic rings. The molecule has 0 amide bonds. The van der Waals surface area contributed by atoms with E-state index in [1.54, 1.807) is 0 Å². The van der Waals surface area contributed by atoms with E-state index in [4.69, 9.17) is 23.3 Å². The number of hydrogen-bond acceptors (Lipinski definition) is 10. The number of aliphatic hydroxyl groups excluding tert-OH is 1. The van der Waals surface area contributed by atoms with E-state index in [9.17, 15) is 28.9 Å². The number of unbranched alkanes of at least 4 members (excludes halogenated alkanes) is 35. The van der Waals surface area contributed by atoms with E-state index < -0.39 is 57.8 Å². The predicted octanol–water partition coefficient (Wildman–Crippen LogP) is 18.4. The molecule has 0 spiro atoms. The molecule has 0 bridgehead atoms. The largest absolute Gasteiger partial charge is 0.472 e. The Morgan fingerprint density at radius 1 is 0.378 bits per heavy atom. The zero-order chi connectivity index (χ0) is 54.1. The highest BCUT2D eigenvalue weighted by Gasteiger charge is 2.28. The first kappa shape index (κ1) is 71.7. The van der Waals surface area contributed by atoms with Gasteiger partial charge >= 0.3 is 25.7 Å². The molecule has 74 heavy (non-hydrogen) atoms. The summed E-state index contributed by atoms with van der Waals surface area (Å²) in [5.41, 5.74) is 0. The second kappa shape index (κ2) is 56.9. The lowest BCUT2D eigenvalue weighted by Gasteiger charge is -2.21. The highest BCUT2D eigenvalue weighted by Crippen LogP contribution is 2.43. The summed E-state index contributed by atoms with van der Waals surface area (Å²) in [6.07, 6.45) is 59.6. The predicted molar refractivity (Wildman–Crippen MR) is 307 cm³/mol. The molecule has 3 atom stereocenters. The molecule has 0 aliphatic heterocycles. The minimum atomic E-state index is -4.74. The molecule has 0 heterocycles. The molecule has 2 N–H and O–H groups in total. The van der Waals surface area contributed by atoms with Crippen LogP contribution in [0.15, 0.2) is 36.5 Å². The fraction of sp³-hybridized carbons (Fsp3) is 0.855. The van der Waals surface area contributed by atoms with Gasteiger partial charge in [-0.2, -0.15) is 0 Å². The second-order valence-electron chi connectivity index (χ2n) is 20.9. The molecule has 0 aromatic heterocycles. The summed E-state index contributed by atoms with van der Waals surface area (Å²) in [6, 6.07) is 0. The van der Waals surface area contributed by atoms with Crippen molar-refractivity contribution in [2.24, 2.45) is 0 Å². The lowest BCUT2D eigenvalue weighted by Crippen LogP contribution is -2.30. The van der Waals surface area contributed by atoms with E-state index in [1.165, 1.54) is 173 Å².